The molecule has 1 aliphatic heterocycles. The summed E-state index contributed by atoms with van der Waals surface area (Å²) in [6, 6.07) is 12.7. The van der Waals surface area contributed by atoms with Gasteiger partial charge >= 0.3 is 6.09 Å². The lowest BCUT2D eigenvalue weighted by Gasteiger charge is -2.27. The van der Waals surface area contributed by atoms with Gasteiger partial charge in [-0.05, 0) is 24.3 Å². The van der Waals surface area contributed by atoms with Gasteiger partial charge in [-0.15, -0.1) is 0 Å². The molecule has 0 aliphatic carbocycles. The number of benzene rings is 2. The van der Waals surface area contributed by atoms with Gasteiger partial charge in [-0.3, -0.25) is 4.79 Å². The summed E-state index contributed by atoms with van der Waals surface area (Å²) < 4.78 is 42.7. The maximum absolute atomic E-state index is 13.5. The van der Waals surface area contributed by atoms with Crippen LogP contribution in [-0.2, 0) is 11.3 Å². The number of hydrogen-bond acceptors (Lipinski definition) is 6. The molecule has 0 bridgehead atoms. The molecule has 10 heteroatoms. The highest BCUT2D eigenvalue weighted by Crippen LogP contribution is 2.35. The number of aromatic nitrogens is 1. The van der Waals surface area contributed by atoms with Gasteiger partial charge in [0.15, 0.2) is 11.6 Å². The van der Waals surface area contributed by atoms with E-state index in [1.807, 2.05) is 0 Å². The molecular formula is C24H21F2N3O5. The van der Waals surface area contributed by atoms with E-state index >= 15 is 0 Å². The highest BCUT2D eigenvalue weighted by atomic mass is 19.2. The number of fused-ring (bicyclic) bond motifs is 1. The summed E-state index contributed by atoms with van der Waals surface area (Å²) in [6.45, 7) is 0.209. The van der Waals surface area contributed by atoms with Crippen LogP contribution in [0.2, 0.25) is 0 Å². The summed E-state index contributed by atoms with van der Waals surface area (Å²) >= 11 is 0. The van der Waals surface area contributed by atoms with Crippen LogP contribution in [0.4, 0.5) is 19.3 Å². The number of alkyl carbamates (subject to hydrolysis) is 1. The average Bonchev–Trinajstić information content (AvgIpc) is 2.85. The molecule has 2 heterocycles. The molecule has 0 unspecified atom stereocenters. The Morgan fingerprint density at radius 3 is 2.74 bits per heavy atom. The van der Waals surface area contributed by atoms with Crippen molar-refractivity contribution in [3.63, 3.8) is 0 Å². The predicted octanol–water partition coefficient (Wildman–Crippen LogP) is 4.37. The zero-order valence-electron chi connectivity index (χ0n) is 18.1. The van der Waals surface area contributed by atoms with E-state index < -0.39 is 29.7 Å². The van der Waals surface area contributed by atoms with Gasteiger partial charge in [-0.1, -0.05) is 18.2 Å². The Balaban J connectivity index is 1.44. The van der Waals surface area contributed by atoms with E-state index in [0.717, 1.165) is 12.1 Å². The summed E-state index contributed by atoms with van der Waals surface area (Å²) in [4.78, 5) is 29.4. The van der Waals surface area contributed by atoms with Crippen LogP contribution in [0, 0.1) is 11.6 Å². The largest absolute Gasteiger partial charge is 0.492 e. The highest BCUT2D eigenvalue weighted by Gasteiger charge is 2.27. The molecule has 2 amide bonds. The number of ether oxygens (including phenoxy) is 3. The first-order valence-electron chi connectivity index (χ1n) is 10.4. The topological polar surface area (TPSA) is 98.8 Å². The van der Waals surface area contributed by atoms with Gasteiger partial charge in [0, 0.05) is 29.8 Å². The van der Waals surface area contributed by atoms with E-state index in [9.17, 15) is 18.4 Å². The van der Waals surface area contributed by atoms with Crippen molar-refractivity contribution in [2.75, 3.05) is 19.0 Å². The molecule has 0 radical (unpaired) electrons. The Hall–Kier alpha value is -4.21. The molecule has 1 atom stereocenters. The fourth-order valence-corrected chi connectivity index (χ4v) is 3.50. The first-order chi connectivity index (χ1) is 16.4. The number of anilines is 1. The standard InChI is InChI=1S/C24H21F2N3O5/c1-32-21-7-2-4-15(27-21)13-34-24(31)29-20-10-11-33-22-16(20)5-3-6-17(22)23(30)28-14-8-9-18(25)19(26)12-14/h2-9,12,20H,10-11,13H2,1H3,(H,28,30)(H,29,31)/t20-/m0/s1. The van der Waals surface area contributed by atoms with E-state index in [1.165, 1.54) is 13.2 Å². The molecule has 3 aromatic rings. The number of para-hydroxylation sites is 1. The maximum atomic E-state index is 13.5. The predicted molar refractivity (Wildman–Crippen MR) is 118 cm³/mol. The van der Waals surface area contributed by atoms with Crippen LogP contribution in [0.5, 0.6) is 11.6 Å². The molecule has 8 nitrogen and oxygen atoms in total. The molecule has 0 fully saturated rings. The number of nitrogens with zero attached hydrogens (tertiary/aromatic N) is 1. The minimum absolute atomic E-state index is 0.0458. The zero-order valence-corrected chi connectivity index (χ0v) is 18.1. The lowest BCUT2D eigenvalue weighted by atomic mass is 9.97. The highest BCUT2D eigenvalue weighted by molar-refractivity contribution is 6.06. The van der Waals surface area contributed by atoms with Crippen molar-refractivity contribution < 1.29 is 32.6 Å². The number of methoxy groups -OCH3 is 1. The number of carbonyl (C=O) groups excluding carboxylic acids is 2. The molecule has 0 saturated heterocycles. The Morgan fingerprint density at radius 1 is 1.12 bits per heavy atom. The third kappa shape index (κ3) is 5.22. The molecule has 0 spiro atoms. The van der Waals surface area contributed by atoms with Gasteiger partial charge in [0.2, 0.25) is 5.88 Å². The molecule has 1 aromatic heterocycles. The Kier molecular flexibility index (Phi) is 6.86. The second-order valence-electron chi connectivity index (χ2n) is 7.39. The summed E-state index contributed by atoms with van der Waals surface area (Å²) in [5.74, 6) is -1.93. The molecule has 2 aromatic carbocycles. The number of pyridine rings is 1. The molecule has 2 N–H and O–H groups in total. The zero-order chi connectivity index (χ0) is 24.1. The minimum Gasteiger partial charge on any atom is -0.492 e. The Bertz CT molecular complexity index is 1220. The van der Waals surface area contributed by atoms with Crippen LogP contribution in [0.3, 0.4) is 0 Å². The first-order valence-corrected chi connectivity index (χ1v) is 10.4. The van der Waals surface area contributed by atoms with Crippen LogP contribution in [0.1, 0.15) is 34.1 Å². The van der Waals surface area contributed by atoms with Gasteiger partial charge in [0.1, 0.15) is 12.4 Å². The van der Waals surface area contributed by atoms with Crippen LogP contribution in [0.25, 0.3) is 0 Å². The number of amides is 2. The number of rotatable bonds is 6. The second kappa shape index (κ2) is 10.2. The molecule has 0 saturated carbocycles. The summed E-state index contributed by atoms with van der Waals surface area (Å²) in [5, 5.41) is 5.31. The van der Waals surface area contributed by atoms with E-state index in [2.05, 4.69) is 15.6 Å². The van der Waals surface area contributed by atoms with Crippen LogP contribution >= 0.6 is 0 Å². The number of hydrogen-bond donors (Lipinski definition) is 2. The summed E-state index contributed by atoms with van der Waals surface area (Å²) in [6.07, 6.45) is -0.188. The van der Waals surface area contributed by atoms with Crippen LogP contribution in [0.15, 0.2) is 54.6 Å². The van der Waals surface area contributed by atoms with E-state index in [4.69, 9.17) is 14.2 Å². The van der Waals surface area contributed by atoms with Crippen LogP contribution in [-0.4, -0.2) is 30.7 Å². The molecule has 4 rings (SSSR count). The van der Waals surface area contributed by atoms with Gasteiger partial charge in [-0.25, -0.2) is 18.6 Å². The summed E-state index contributed by atoms with van der Waals surface area (Å²) in [5.41, 5.74) is 1.42. The van der Waals surface area contributed by atoms with E-state index in [1.54, 1.807) is 36.4 Å². The van der Waals surface area contributed by atoms with Gasteiger partial charge in [-0.2, -0.15) is 0 Å². The Labute approximate surface area is 193 Å². The number of carbonyl (C=O) groups is 2. The van der Waals surface area contributed by atoms with Crippen molar-refractivity contribution in [3.8, 4) is 11.6 Å². The lowest BCUT2D eigenvalue weighted by molar-refractivity contribution is 0.102. The van der Waals surface area contributed by atoms with Crippen molar-refractivity contribution in [1.82, 2.24) is 10.3 Å². The third-order valence-electron chi connectivity index (χ3n) is 5.13. The van der Waals surface area contributed by atoms with Gasteiger partial charge < -0.3 is 24.8 Å². The fourth-order valence-electron chi connectivity index (χ4n) is 3.50. The fraction of sp³-hybridized carbons (Fsp3) is 0.208. The van der Waals surface area contributed by atoms with Gasteiger partial charge in [0.05, 0.1) is 31.0 Å². The summed E-state index contributed by atoms with van der Waals surface area (Å²) in [7, 11) is 1.49. The van der Waals surface area contributed by atoms with Gasteiger partial charge in [0.25, 0.3) is 5.91 Å². The molecule has 1 aliphatic rings. The first kappa shape index (κ1) is 23.0. The monoisotopic (exact) mass is 469 g/mol. The maximum Gasteiger partial charge on any atom is 0.408 e. The molecule has 34 heavy (non-hydrogen) atoms. The second-order valence-corrected chi connectivity index (χ2v) is 7.39. The normalized spacial score (nSPS) is 14.4. The quantitative estimate of drug-likeness (QED) is 0.556. The number of nitrogens with one attached hydrogen (secondary N) is 2. The average molecular weight is 469 g/mol. The third-order valence-corrected chi connectivity index (χ3v) is 5.13. The lowest BCUT2D eigenvalue weighted by Crippen LogP contribution is -2.33. The smallest absolute Gasteiger partial charge is 0.408 e. The SMILES string of the molecule is COc1cccc(COC(=O)N[C@H]2CCOc3c(C(=O)Nc4ccc(F)c(F)c4)cccc32)n1. The van der Waals surface area contributed by atoms with Crippen molar-refractivity contribution in [2.45, 2.75) is 19.1 Å². The Morgan fingerprint density at radius 2 is 1.94 bits per heavy atom. The van der Waals surface area contributed by atoms with Crippen molar-refractivity contribution in [3.05, 3.63) is 83.1 Å². The van der Waals surface area contributed by atoms with Crippen molar-refractivity contribution in [1.29, 1.82) is 0 Å². The van der Waals surface area contributed by atoms with E-state index in [-0.39, 0.29) is 24.5 Å². The van der Waals surface area contributed by atoms with Crippen molar-refractivity contribution in [2.24, 2.45) is 0 Å². The minimum atomic E-state index is -1.07. The van der Waals surface area contributed by atoms with E-state index in [0.29, 0.717) is 29.3 Å². The van der Waals surface area contributed by atoms with Crippen molar-refractivity contribution >= 4 is 17.7 Å². The molecule has 176 valence electrons. The van der Waals surface area contributed by atoms with Crippen LogP contribution < -0.4 is 20.1 Å². The number of halogens is 2. The molecular weight excluding hydrogens is 448 g/mol.